The lowest BCUT2D eigenvalue weighted by Crippen LogP contribution is -2.06. The van der Waals surface area contributed by atoms with Crippen molar-refractivity contribution in [3.05, 3.63) is 58.9 Å². The van der Waals surface area contributed by atoms with Crippen LogP contribution in [0.25, 0.3) is 0 Å². The van der Waals surface area contributed by atoms with Crippen molar-refractivity contribution in [3.8, 4) is 5.75 Å². The first-order valence-electron chi connectivity index (χ1n) is 6.67. The largest absolute Gasteiger partial charge is 0.493 e. The summed E-state index contributed by atoms with van der Waals surface area (Å²) in [6, 6.07) is 9.81. The van der Waals surface area contributed by atoms with E-state index >= 15 is 0 Å². The highest BCUT2D eigenvalue weighted by Crippen LogP contribution is 2.30. The third-order valence-electron chi connectivity index (χ3n) is 3.60. The summed E-state index contributed by atoms with van der Waals surface area (Å²) in [5.41, 5.74) is 3.90. The van der Waals surface area contributed by atoms with E-state index in [-0.39, 0.29) is 0 Å². The van der Waals surface area contributed by atoms with Gasteiger partial charge in [0.05, 0.1) is 12.3 Å². The van der Waals surface area contributed by atoms with E-state index in [1.54, 1.807) is 6.20 Å². The minimum Gasteiger partial charge on any atom is -0.493 e. The highest BCUT2D eigenvalue weighted by atomic mass is 16.5. The van der Waals surface area contributed by atoms with E-state index < -0.39 is 6.10 Å². The number of fused-ring (bicyclic) bond motifs is 1. The number of aryl methyl sites for hydroxylation is 1. The second-order valence-electron chi connectivity index (χ2n) is 4.77. The average Bonchev–Trinajstić information content (AvgIpc) is 2.93. The van der Waals surface area contributed by atoms with Gasteiger partial charge in [0.25, 0.3) is 0 Å². The highest BCUT2D eigenvalue weighted by Gasteiger charge is 2.19. The van der Waals surface area contributed by atoms with Gasteiger partial charge in [0.15, 0.2) is 0 Å². The molecule has 2 aromatic rings. The number of aromatic nitrogens is 1. The Labute approximate surface area is 112 Å². The van der Waals surface area contributed by atoms with Gasteiger partial charge in [-0.25, -0.2) is 0 Å². The Hall–Kier alpha value is -1.87. The Balaban J connectivity index is 1.97. The lowest BCUT2D eigenvalue weighted by atomic mass is 9.98. The summed E-state index contributed by atoms with van der Waals surface area (Å²) >= 11 is 0. The molecule has 2 heterocycles. The third-order valence-corrected chi connectivity index (χ3v) is 3.60. The van der Waals surface area contributed by atoms with Crippen molar-refractivity contribution in [2.24, 2.45) is 0 Å². The van der Waals surface area contributed by atoms with Crippen LogP contribution in [0.4, 0.5) is 0 Å². The second-order valence-corrected chi connectivity index (χ2v) is 4.77. The molecule has 98 valence electrons. The van der Waals surface area contributed by atoms with Crippen molar-refractivity contribution < 1.29 is 9.84 Å². The maximum atomic E-state index is 10.5. The van der Waals surface area contributed by atoms with E-state index in [0.717, 1.165) is 42.0 Å². The molecule has 0 radical (unpaired) electrons. The molecule has 3 rings (SSSR count). The van der Waals surface area contributed by atoms with E-state index in [1.807, 2.05) is 30.3 Å². The van der Waals surface area contributed by atoms with Crippen LogP contribution in [0, 0.1) is 0 Å². The van der Waals surface area contributed by atoms with Crippen LogP contribution < -0.4 is 4.74 Å². The van der Waals surface area contributed by atoms with Gasteiger partial charge in [-0.2, -0.15) is 0 Å². The fourth-order valence-corrected chi connectivity index (χ4v) is 2.53. The molecule has 0 saturated heterocycles. The van der Waals surface area contributed by atoms with Gasteiger partial charge in [0.1, 0.15) is 11.9 Å². The van der Waals surface area contributed by atoms with E-state index in [4.69, 9.17) is 4.74 Å². The predicted octanol–water partition coefficient (Wildman–Crippen LogP) is 2.66. The minimum atomic E-state index is -0.665. The molecule has 1 aromatic heterocycles. The van der Waals surface area contributed by atoms with E-state index in [0.29, 0.717) is 0 Å². The molecule has 1 aromatic carbocycles. The van der Waals surface area contributed by atoms with Gasteiger partial charge in [-0.15, -0.1) is 0 Å². The van der Waals surface area contributed by atoms with E-state index in [9.17, 15) is 5.11 Å². The van der Waals surface area contributed by atoms with Crippen LogP contribution in [0.1, 0.15) is 35.4 Å². The molecule has 0 aliphatic carbocycles. The second kappa shape index (κ2) is 5.02. The summed E-state index contributed by atoms with van der Waals surface area (Å²) < 4.78 is 5.49. The molecular weight excluding hydrogens is 238 g/mol. The fraction of sp³-hybridized carbons (Fsp3) is 0.312. The van der Waals surface area contributed by atoms with Crippen LogP contribution in [0.2, 0.25) is 0 Å². The van der Waals surface area contributed by atoms with Crippen molar-refractivity contribution in [1.29, 1.82) is 0 Å². The Morgan fingerprint density at radius 3 is 3.11 bits per heavy atom. The van der Waals surface area contributed by atoms with Crippen LogP contribution in [-0.2, 0) is 12.8 Å². The summed E-state index contributed by atoms with van der Waals surface area (Å²) in [5, 5.41) is 10.5. The number of nitrogens with zero attached hydrogens (tertiary/aromatic N) is 1. The van der Waals surface area contributed by atoms with Crippen molar-refractivity contribution in [2.45, 2.75) is 25.9 Å². The molecule has 3 heteroatoms. The number of rotatable bonds is 3. The summed E-state index contributed by atoms with van der Waals surface area (Å²) in [6.45, 7) is 2.81. The topological polar surface area (TPSA) is 42.4 Å². The summed E-state index contributed by atoms with van der Waals surface area (Å²) in [4.78, 5) is 4.34. The van der Waals surface area contributed by atoms with Crippen molar-refractivity contribution in [3.63, 3.8) is 0 Å². The van der Waals surface area contributed by atoms with Gasteiger partial charge >= 0.3 is 0 Å². The average molecular weight is 255 g/mol. The summed E-state index contributed by atoms with van der Waals surface area (Å²) in [6.07, 6.45) is 2.85. The van der Waals surface area contributed by atoms with Crippen LogP contribution in [0.15, 0.2) is 36.5 Å². The van der Waals surface area contributed by atoms with E-state index in [2.05, 4.69) is 11.9 Å². The Kier molecular flexibility index (Phi) is 3.22. The van der Waals surface area contributed by atoms with Crippen LogP contribution in [0.3, 0.4) is 0 Å². The number of aliphatic hydroxyl groups is 1. The predicted molar refractivity (Wildman–Crippen MR) is 73.3 cm³/mol. The monoisotopic (exact) mass is 255 g/mol. The van der Waals surface area contributed by atoms with Crippen LogP contribution in [-0.4, -0.2) is 16.7 Å². The normalized spacial score (nSPS) is 14.8. The van der Waals surface area contributed by atoms with Gasteiger partial charge in [0.2, 0.25) is 0 Å². The minimum absolute atomic E-state index is 0.665. The molecule has 1 N–H and O–H groups in total. The van der Waals surface area contributed by atoms with E-state index in [1.165, 1.54) is 5.56 Å². The zero-order valence-corrected chi connectivity index (χ0v) is 11.0. The van der Waals surface area contributed by atoms with Crippen molar-refractivity contribution >= 4 is 0 Å². The first kappa shape index (κ1) is 12.2. The lowest BCUT2D eigenvalue weighted by molar-refractivity contribution is 0.214. The highest BCUT2D eigenvalue weighted by molar-refractivity contribution is 5.42. The third kappa shape index (κ3) is 2.22. The Morgan fingerprint density at radius 2 is 2.26 bits per heavy atom. The smallest absolute Gasteiger partial charge is 0.122 e. The molecule has 19 heavy (non-hydrogen) atoms. The first-order chi connectivity index (χ1) is 9.29. The molecule has 1 unspecified atom stereocenters. The molecule has 0 spiro atoms. The first-order valence-corrected chi connectivity index (χ1v) is 6.67. The quantitative estimate of drug-likeness (QED) is 0.916. The maximum absolute atomic E-state index is 10.5. The number of aliphatic hydroxyl groups excluding tert-OH is 1. The molecule has 1 aliphatic heterocycles. The van der Waals surface area contributed by atoms with Crippen molar-refractivity contribution in [1.82, 2.24) is 4.98 Å². The number of hydrogen-bond donors (Lipinski definition) is 1. The van der Waals surface area contributed by atoms with Gasteiger partial charge in [-0.3, -0.25) is 4.98 Å². The maximum Gasteiger partial charge on any atom is 0.122 e. The van der Waals surface area contributed by atoms with Crippen LogP contribution >= 0.6 is 0 Å². The Bertz CT molecular complexity index is 595. The molecule has 0 amide bonds. The standard InChI is InChI=1S/C16H17NO2/c1-2-11-4-3-8-17-15(11)16(18)13-5-6-14-12(10-13)7-9-19-14/h3-6,8,10,16,18H,2,7,9H2,1H3. The number of benzene rings is 1. The number of hydrogen-bond acceptors (Lipinski definition) is 3. The van der Waals surface area contributed by atoms with Gasteiger partial charge in [-0.05, 0) is 41.3 Å². The Morgan fingerprint density at radius 1 is 1.37 bits per heavy atom. The fourth-order valence-electron chi connectivity index (χ4n) is 2.53. The van der Waals surface area contributed by atoms with Crippen molar-refractivity contribution in [2.75, 3.05) is 6.61 Å². The molecule has 0 saturated carbocycles. The molecular formula is C16H17NO2. The molecule has 0 bridgehead atoms. The summed E-state index contributed by atoms with van der Waals surface area (Å²) in [7, 11) is 0. The lowest BCUT2D eigenvalue weighted by Gasteiger charge is -2.14. The van der Waals surface area contributed by atoms with Gasteiger partial charge < -0.3 is 9.84 Å². The SMILES string of the molecule is CCc1cccnc1C(O)c1ccc2c(c1)CCO2. The number of ether oxygens (including phenoxy) is 1. The molecule has 0 fully saturated rings. The molecule has 1 atom stereocenters. The molecule has 3 nitrogen and oxygen atoms in total. The zero-order valence-electron chi connectivity index (χ0n) is 11.0. The number of pyridine rings is 1. The zero-order chi connectivity index (χ0) is 13.2. The summed E-state index contributed by atoms with van der Waals surface area (Å²) in [5.74, 6) is 0.938. The molecule has 1 aliphatic rings. The van der Waals surface area contributed by atoms with Gasteiger partial charge in [0, 0.05) is 12.6 Å². The van der Waals surface area contributed by atoms with Gasteiger partial charge in [-0.1, -0.05) is 19.1 Å². The van der Waals surface area contributed by atoms with Crippen LogP contribution in [0.5, 0.6) is 5.75 Å².